The fourth-order valence-electron chi connectivity index (χ4n) is 11.1. The standard InChI is InChI=1S/C53H81N9O19/c1-27-57-44-37(46(73)58-27)60-31(17-56-44)16-55-30-12-10-29(11-13-30)45(72)61-32(47(74)75)14-15-36(68)62-39-42(70)49(4,34(19-64)79-51(39,6)21-66)24-78-26-53(8)40(59-28(2)67)43(71)50(5,35(20-65)81-53)23-77-25-52(7)38(54)41(69)48(3,22-76-9)33(18-63)80-52/h10-13,17,32-35,38-43,55,63-66,69-71H,14-16,18-26,54H2,1-9H3,(H,59,67)(H,61,72)(H,62,68)(H,74,75)(H,56,57,58,73)/t32?,33?,34?,35?,38?,39?,40?,41-,42+,43-,48+,49+,50-,51+,52+,53-/m0/s1. The molecule has 2 aromatic heterocycles. The number of aliphatic carboxylic acids is 1. The summed E-state index contributed by atoms with van der Waals surface area (Å²) in [5, 5.41) is 98.9. The highest BCUT2D eigenvalue weighted by Crippen LogP contribution is 2.46. The quantitative estimate of drug-likeness (QED) is 0.0406. The Labute approximate surface area is 467 Å². The number of hydrogen-bond acceptors (Lipinski definition) is 23. The summed E-state index contributed by atoms with van der Waals surface area (Å²) in [7, 11) is 1.45. The number of benzene rings is 1. The third-order valence-corrected chi connectivity index (χ3v) is 16.5. The molecule has 3 aromatic rings. The zero-order valence-corrected chi connectivity index (χ0v) is 47.1. The molecule has 1 aromatic carbocycles. The van der Waals surface area contributed by atoms with Gasteiger partial charge in [0.1, 0.15) is 28.7 Å². The van der Waals surface area contributed by atoms with Gasteiger partial charge in [0.05, 0.1) is 133 Å². The number of carbonyl (C=O) groups excluding carboxylic acids is 3. The Bertz CT molecular complexity index is 2740. The molecule has 3 saturated heterocycles. The molecule has 6 rings (SSSR count). The van der Waals surface area contributed by atoms with Gasteiger partial charge in [0.25, 0.3) is 11.5 Å². The van der Waals surface area contributed by atoms with E-state index in [4.69, 9.17) is 34.2 Å². The molecular formula is C53H81N9O19. The van der Waals surface area contributed by atoms with Gasteiger partial charge in [0, 0.05) is 48.0 Å². The van der Waals surface area contributed by atoms with Crippen LogP contribution in [-0.2, 0) is 49.3 Å². The Hall–Kier alpha value is -5.44. The van der Waals surface area contributed by atoms with E-state index >= 15 is 0 Å². The molecule has 81 heavy (non-hydrogen) atoms. The molecule has 16 atom stereocenters. The molecule has 7 unspecified atom stereocenters. The number of aromatic nitrogens is 4. The lowest BCUT2D eigenvalue weighted by Crippen LogP contribution is -2.74. The predicted molar refractivity (Wildman–Crippen MR) is 286 cm³/mol. The van der Waals surface area contributed by atoms with Gasteiger partial charge in [-0.05, 0) is 58.4 Å². The maximum atomic E-state index is 13.7. The van der Waals surface area contributed by atoms with E-state index in [1.807, 2.05) is 0 Å². The normalized spacial score (nSPS) is 34.5. The number of rotatable bonds is 25. The summed E-state index contributed by atoms with van der Waals surface area (Å²) >= 11 is 0. The average Bonchev–Trinajstić information content (AvgIpc) is 3.60. The molecular weight excluding hydrogens is 1070 g/mol. The summed E-state index contributed by atoms with van der Waals surface area (Å²) in [6, 6.07) is 0.868. The van der Waals surface area contributed by atoms with Gasteiger partial charge >= 0.3 is 5.97 Å². The smallest absolute Gasteiger partial charge is 0.326 e. The molecule has 452 valence electrons. The number of nitrogens with two attached hydrogens (primary N) is 1. The number of methoxy groups -OCH3 is 1. The van der Waals surface area contributed by atoms with Crippen molar-refractivity contribution in [2.75, 3.05) is 71.9 Å². The molecule has 0 radical (unpaired) electrons. The zero-order valence-electron chi connectivity index (χ0n) is 47.1. The minimum atomic E-state index is -1.71. The topological polar surface area (TPSA) is 431 Å². The number of aliphatic hydroxyl groups excluding tert-OH is 7. The van der Waals surface area contributed by atoms with Crippen molar-refractivity contribution in [3.63, 3.8) is 0 Å². The van der Waals surface area contributed by atoms with Gasteiger partial charge in [0.2, 0.25) is 11.8 Å². The fourth-order valence-corrected chi connectivity index (χ4v) is 11.1. The minimum Gasteiger partial charge on any atom is -0.480 e. The van der Waals surface area contributed by atoms with Crippen LogP contribution >= 0.6 is 0 Å². The van der Waals surface area contributed by atoms with Crippen LogP contribution in [0.5, 0.6) is 0 Å². The third-order valence-electron chi connectivity index (χ3n) is 16.5. The molecule has 3 aliphatic rings. The number of carbonyl (C=O) groups is 4. The Balaban J connectivity index is 1.08. The first kappa shape index (κ1) is 64.7. The molecule has 3 fully saturated rings. The molecule has 0 bridgehead atoms. The first-order chi connectivity index (χ1) is 38.0. The summed E-state index contributed by atoms with van der Waals surface area (Å²) in [6.45, 7) is 8.47. The molecule has 3 amide bonds. The van der Waals surface area contributed by atoms with E-state index in [2.05, 4.69) is 41.2 Å². The van der Waals surface area contributed by atoms with Gasteiger partial charge in [-0.3, -0.25) is 19.2 Å². The second-order valence-corrected chi connectivity index (χ2v) is 23.0. The molecule has 0 saturated carbocycles. The minimum absolute atomic E-state index is 0.0370. The third kappa shape index (κ3) is 13.7. The number of nitrogens with one attached hydrogen (secondary N) is 5. The van der Waals surface area contributed by atoms with Crippen LogP contribution in [0, 0.1) is 23.2 Å². The number of H-pyrrole nitrogens is 1. The van der Waals surface area contributed by atoms with Crippen LogP contribution in [0.4, 0.5) is 5.69 Å². The number of amides is 3. The number of hydrogen-bond donors (Lipinski definition) is 14. The summed E-state index contributed by atoms with van der Waals surface area (Å²) < 4.78 is 36.7. The highest BCUT2D eigenvalue weighted by Gasteiger charge is 2.62. The molecule has 28 heteroatoms. The Kier molecular flexibility index (Phi) is 20.8. The van der Waals surface area contributed by atoms with Gasteiger partial charge in [-0.2, -0.15) is 0 Å². The van der Waals surface area contributed by atoms with Crippen molar-refractivity contribution >= 4 is 40.5 Å². The van der Waals surface area contributed by atoms with E-state index in [1.165, 1.54) is 53.1 Å². The summed E-state index contributed by atoms with van der Waals surface area (Å²) in [4.78, 5) is 79.7. The van der Waals surface area contributed by atoms with Crippen LogP contribution in [0.25, 0.3) is 11.2 Å². The van der Waals surface area contributed by atoms with Gasteiger partial charge in [-0.25, -0.2) is 19.7 Å². The molecule has 3 aliphatic heterocycles. The second-order valence-electron chi connectivity index (χ2n) is 23.0. The van der Waals surface area contributed by atoms with E-state index in [0.29, 0.717) is 17.2 Å². The highest BCUT2D eigenvalue weighted by molar-refractivity contribution is 5.97. The lowest BCUT2D eigenvalue weighted by atomic mass is 9.69. The number of aromatic amines is 1. The monoisotopic (exact) mass is 1150 g/mol. The molecule has 0 aliphatic carbocycles. The van der Waals surface area contributed by atoms with E-state index in [1.54, 1.807) is 39.8 Å². The second kappa shape index (κ2) is 26.0. The number of nitrogens with zero attached hydrogens (tertiary/aromatic N) is 3. The molecule has 0 spiro atoms. The van der Waals surface area contributed by atoms with Crippen LogP contribution in [0.1, 0.15) is 83.2 Å². The maximum absolute atomic E-state index is 13.7. The van der Waals surface area contributed by atoms with Crippen molar-refractivity contribution < 1.29 is 88.5 Å². The van der Waals surface area contributed by atoms with Crippen molar-refractivity contribution in [1.82, 2.24) is 35.9 Å². The van der Waals surface area contributed by atoms with Crippen LogP contribution in [-0.4, -0.2) is 229 Å². The summed E-state index contributed by atoms with van der Waals surface area (Å²) in [5.41, 5.74) is -1.23. The number of fused-ring (bicyclic) bond motifs is 1. The van der Waals surface area contributed by atoms with Crippen molar-refractivity contribution in [2.24, 2.45) is 22.0 Å². The van der Waals surface area contributed by atoms with Crippen molar-refractivity contribution in [3.05, 3.63) is 57.9 Å². The summed E-state index contributed by atoms with van der Waals surface area (Å²) in [5.74, 6) is -3.13. The van der Waals surface area contributed by atoms with Crippen LogP contribution in [0.3, 0.4) is 0 Å². The lowest BCUT2D eigenvalue weighted by Gasteiger charge is -2.57. The van der Waals surface area contributed by atoms with Gasteiger partial charge < -0.3 is 101 Å². The number of carboxylic acids is 1. The van der Waals surface area contributed by atoms with Gasteiger partial charge in [0.15, 0.2) is 11.2 Å². The first-order valence-corrected chi connectivity index (χ1v) is 26.6. The molecule has 5 heterocycles. The largest absolute Gasteiger partial charge is 0.480 e. The van der Waals surface area contributed by atoms with Crippen LogP contribution < -0.4 is 32.6 Å². The van der Waals surface area contributed by atoms with Crippen molar-refractivity contribution in [3.8, 4) is 0 Å². The number of carboxylic acid groups (broad SMARTS) is 1. The fraction of sp³-hybridized carbons (Fsp3) is 0.698. The van der Waals surface area contributed by atoms with E-state index in [-0.39, 0.29) is 43.1 Å². The molecule has 28 nitrogen and oxygen atoms in total. The molecule has 15 N–H and O–H groups in total. The maximum Gasteiger partial charge on any atom is 0.326 e. The van der Waals surface area contributed by atoms with E-state index < -0.39 is 176 Å². The number of ether oxygens (including phenoxy) is 6. The van der Waals surface area contributed by atoms with Gasteiger partial charge in [-0.1, -0.05) is 20.8 Å². The summed E-state index contributed by atoms with van der Waals surface area (Å²) in [6.07, 6.45) is -7.00. The van der Waals surface area contributed by atoms with Crippen LogP contribution in [0.15, 0.2) is 35.3 Å². The highest BCUT2D eigenvalue weighted by atomic mass is 16.6. The Morgan fingerprint density at radius 3 is 1.81 bits per heavy atom. The SMILES string of the molecule is COC[C@]1(C)C(CO)O[C@](C)(COC[C@@]2(C)C(CO)O[C@@](C)(COC[C@]3(C)C(CO)O[C@](C)(CO)C(NC(=O)CCC(NC(=O)c4ccc(NCc5cnc6nc(C)[nH]c(=O)c6n5)cc4)C(=O)O)[C@H]3O)C(NC(C)=O)[C@@H]2O)C(N)[C@@H]1O. The Morgan fingerprint density at radius 2 is 1.28 bits per heavy atom. The number of aryl methyl sites for hydroxylation is 1. The average molecular weight is 1150 g/mol. The predicted octanol–water partition coefficient (Wildman–Crippen LogP) is -2.86. The zero-order chi connectivity index (χ0) is 60.0. The van der Waals surface area contributed by atoms with Crippen LogP contribution in [0.2, 0.25) is 0 Å². The van der Waals surface area contributed by atoms with E-state index in [9.17, 15) is 64.8 Å². The van der Waals surface area contributed by atoms with E-state index in [0.717, 1.165) is 0 Å². The first-order valence-electron chi connectivity index (χ1n) is 26.6. The van der Waals surface area contributed by atoms with Gasteiger partial charge in [-0.15, -0.1) is 0 Å². The lowest BCUT2D eigenvalue weighted by molar-refractivity contribution is -0.290. The number of aliphatic hydroxyl groups is 7. The Morgan fingerprint density at radius 1 is 0.753 bits per heavy atom. The number of anilines is 1. The van der Waals surface area contributed by atoms with Crippen molar-refractivity contribution in [2.45, 2.75) is 152 Å². The van der Waals surface area contributed by atoms with Crippen molar-refractivity contribution in [1.29, 1.82) is 0 Å².